The van der Waals surface area contributed by atoms with E-state index in [2.05, 4.69) is 46.6 Å². The topological polar surface area (TPSA) is 58.1 Å². The zero-order valence-electron chi connectivity index (χ0n) is 14.3. The van der Waals surface area contributed by atoms with Crippen LogP contribution in [-0.4, -0.2) is 63.9 Å². The Hall–Kier alpha value is -1.79. The van der Waals surface area contributed by atoms with Gasteiger partial charge in [-0.2, -0.15) is 0 Å². The number of hydrogen-bond donors (Lipinski definition) is 2. The van der Waals surface area contributed by atoms with E-state index >= 15 is 0 Å². The van der Waals surface area contributed by atoms with Crippen molar-refractivity contribution >= 4 is 5.96 Å². The van der Waals surface area contributed by atoms with Crippen molar-refractivity contribution in [2.24, 2.45) is 4.99 Å². The van der Waals surface area contributed by atoms with Crippen LogP contribution in [0, 0.1) is 0 Å². The molecule has 0 radical (unpaired) electrons. The molecule has 0 amide bonds. The molecule has 1 atom stereocenters. The van der Waals surface area contributed by atoms with Crippen molar-refractivity contribution in [3.63, 3.8) is 0 Å². The number of hydrogen-bond acceptors (Lipinski definition) is 6. The van der Waals surface area contributed by atoms with Crippen molar-refractivity contribution in [3.05, 3.63) is 29.8 Å². The van der Waals surface area contributed by atoms with Gasteiger partial charge in [0.15, 0.2) is 5.96 Å². The van der Waals surface area contributed by atoms with Crippen molar-refractivity contribution in [2.45, 2.75) is 19.5 Å². The average molecular weight is 320 g/mol. The molecule has 1 unspecified atom stereocenters. The molecule has 0 aromatic heterocycles. The van der Waals surface area contributed by atoms with Crippen LogP contribution in [0.15, 0.2) is 29.3 Å². The summed E-state index contributed by atoms with van der Waals surface area (Å²) in [5, 5.41) is 6.61. The van der Waals surface area contributed by atoms with Crippen LogP contribution in [0.2, 0.25) is 0 Å². The highest BCUT2D eigenvalue weighted by molar-refractivity contribution is 5.81. The minimum absolute atomic E-state index is 0.419. The highest BCUT2D eigenvalue weighted by Gasteiger charge is 2.11. The fourth-order valence-corrected chi connectivity index (χ4v) is 2.27. The molecule has 1 aliphatic rings. The van der Waals surface area contributed by atoms with Gasteiger partial charge in [-0.05, 0) is 31.7 Å². The minimum Gasteiger partial charge on any atom is -0.492 e. The summed E-state index contributed by atoms with van der Waals surface area (Å²) in [7, 11) is 3.79. The number of ether oxygens (including phenoxy) is 2. The Morgan fingerprint density at radius 1 is 1.35 bits per heavy atom. The largest absolute Gasteiger partial charge is 0.492 e. The van der Waals surface area contributed by atoms with Gasteiger partial charge in [-0.3, -0.25) is 4.99 Å². The number of guanidine groups is 1. The molecule has 1 aromatic rings. The second kappa shape index (κ2) is 9.37. The predicted octanol–water partition coefficient (Wildman–Crippen LogP) is 1.08. The molecule has 1 aliphatic heterocycles. The maximum Gasteiger partial charge on any atom is 0.191 e. The van der Waals surface area contributed by atoms with E-state index in [1.807, 2.05) is 12.1 Å². The molecular weight excluding hydrogens is 292 g/mol. The Bertz CT molecular complexity index is 507. The van der Waals surface area contributed by atoms with Crippen LogP contribution in [0.25, 0.3) is 0 Å². The number of likely N-dealkylation sites (N-methyl/N-ethyl adjacent to an activating group) is 1. The van der Waals surface area contributed by atoms with Crippen LogP contribution in [0.5, 0.6) is 5.75 Å². The summed E-state index contributed by atoms with van der Waals surface area (Å²) in [6.07, 6.45) is 0. The van der Waals surface area contributed by atoms with Gasteiger partial charge in [-0.25, -0.2) is 0 Å². The SMILES string of the molecule is COCCN(C)CCOc1cccc(CNC2=NCC(C)N2)c1. The van der Waals surface area contributed by atoms with Crippen molar-refractivity contribution in [1.29, 1.82) is 0 Å². The fourth-order valence-electron chi connectivity index (χ4n) is 2.27. The van der Waals surface area contributed by atoms with Crippen molar-refractivity contribution in [3.8, 4) is 5.75 Å². The first-order valence-corrected chi connectivity index (χ1v) is 8.11. The number of rotatable bonds is 9. The van der Waals surface area contributed by atoms with Gasteiger partial charge in [0.05, 0.1) is 13.2 Å². The Morgan fingerprint density at radius 2 is 2.17 bits per heavy atom. The van der Waals surface area contributed by atoms with Crippen LogP contribution in [0.1, 0.15) is 12.5 Å². The lowest BCUT2D eigenvalue weighted by atomic mass is 10.2. The molecule has 6 nitrogen and oxygen atoms in total. The third-order valence-electron chi connectivity index (χ3n) is 3.68. The molecule has 2 rings (SSSR count). The van der Waals surface area contributed by atoms with E-state index in [4.69, 9.17) is 9.47 Å². The Morgan fingerprint density at radius 3 is 2.91 bits per heavy atom. The summed E-state index contributed by atoms with van der Waals surface area (Å²) in [6.45, 7) is 6.90. The van der Waals surface area contributed by atoms with Gasteiger partial charge in [0.25, 0.3) is 0 Å². The van der Waals surface area contributed by atoms with E-state index in [9.17, 15) is 0 Å². The second-order valence-corrected chi connectivity index (χ2v) is 5.88. The standard InChI is InChI=1S/C17H28N4O2/c1-14-12-18-17(20-14)19-13-15-5-4-6-16(11-15)23-10-8-21(2)7-9-22-3/h4-6,11,14H,7-10,12-13H2,1-3H3,(H2,18,19,20). The van der Waals surface area contributed by atoms with Crippen molar-refractivity contribution in [2.75, 3.05) is 47.0 Å². The highest BCUT2D eigenvalue weighted by atomic mass is 16.5. The lowest BCUT2D eigenvalue weighted by Crippen LogP contribution is -2.37. The van der Waals surface area contributed by atoms with Gasteiger partial charge in [0, 0.05) is 32.8 Å². The third-order valence-corrected chi connectivity index (χ3v) is 3.68. The van der Waals surface area contributed by atoms with Crippen LogP contribution >= 0.6 is 0 Å². The monoisotopic (exact) mass is 320 g/mol. The summed E-state index contributed by atoms with van der Waals surface area (Å²) >= 11 is 0. The number of nitrogens with one attached hydrogen (secondary N) is 2. The summed E-state index contributed by atoms with van der Waals surface area (Å²) in [6, 6.07) is 8.59. The zero-order chi connectivity index (χ0) is 16.5. The number of methoxy groups -OCH3 is 1. The predicted molar refractivity (Wildman–Crippen MR) is 93.0 cm³/mol. The molecule has 0 saturated carbocycles. The third kappa shape index (κ3) is 6.46. The smallest absolute Gasteiger partial charge is 0.191 e. The quantitative estimate of drug-likeness (QED) is 0.713. The minimum atomic E-state index is 0.419. The number of benzene rings is 1. The van der Waals surface area contributed by atoms with Gasteiger partial charge in [-0.1, -0.05) is 12.1 Å². The van der Waals surface area contributed by atoms with E-state index in [0.717, 1.165) is 44.5 Å². The first kappa shape index (κ1) is 17.6. The van der Waals surface area contributed by atoms with Crippen LogP contribution in [-0.2, 0) is 11.3 Å². The molecule has 0 fully saturated rings. The van der Waals surface area contributed by atoms with Crippen molar-refractivity contribution in [1.82, 2.24) is 15.5 Å². The van der Waals surface area contributed by atoms with Gasteiger partial charge >= 0.3 is 0 Å². The van der Waals surface area contributed by atoms with Crippen LogP contribution in [0.4, 0.5) is 0 Å². The highest BCUT2D eigenvalue weighted by Crippen LogP contribution is 2.13. The van der Waals surface area contributed by atoms with Gasteiger partial charge in [0.2, 0.25) is 0 Å². The van der Waals surface area contributed by atoms with E-state index in [1.54, 1.807) is 7.11 Å². The molecule has 1 aromatic carbocycles. The van der Waals surface area contributed by atoms with E-state index < -0.39 is 0 Å². The number of aliphatic imine (C=N–C) groups is 1. The maximum atomic E-state index is 5.83. The molecule has 1 heterocycles. The fraction of sp³-hybridized carbons (Fsp3) is 0.588. The molecule has 2 N–H and O–H groups in total. The zero-order valence-corrected chi connectivity index (χ0v) is 14.3. The number of nitrogens with zero attached hydrogens (tertiary/aromatic N) is 2. The van der Waals surface area contributed by atoms with E-state index in [-0.39, 0.29) is 0 Å². The summed E-state index contributed by atoms with van der Waals surface area (Å²) in [5.74, 6) is 1.78. The van der Waals surface area contributed by atoms with E-state index in [0.29, 0.717) is 12.6 Å². The molecule has 23 heavy (non-hydrogen) atoms. The second-order valence-electron chi connectivity index (χ2n) is 5.88. The Kier molecular flexibility index (Phi) is 7.16. The molecular formula is C17H28N4O2. The summed E-state index contributed by atoms with van der Waals surface area (Å²) in [4.78, 5) is 6.59. The molecule has 0 spiro atoms. The molecule has 128 valence electrons. The Labute approximate surface area is 138 Å². The molecule has 0 aliphatic carbocycles. The summed E-state index contributed by atoms with van der Waals surface area (Å²) in [5.41, 5.74) is 1.18. The lowest BCUT2D eigenvalue weighted by Gasteiger charge is -2.16. The van der Waals surface area contributed by atoms with E-state index in [1.165, 1.54) is 5.56 Å². The van der Waals surface area contributed by atoms with Crippen molar-refractivity contribution < 1.29 is 9.47 Å². The first-order chi connectivity index (χ1) is 11.2. The average Bonchev–Trinajstić information content (AvgIpc) is 2.97. The molecule has 0 saturated heterocycles. The Balaban J connectivity index is 1.71. The first-order valence-electron chi connectivity index (χ1n) is 8.11. The maximum absolute atomic E-state index is 5.83. The van der Waals surface area contributed by atoms with Crippen LogP contribution < -0.4 is 15.4 Å². The molecule has 0 bridgehead atoms. The normalized spacial score (nSPS) is 17.0. The van der Waals surface area contributed by atoms with Crippen LogP contribution in [0.3, 0.4) is 0 Å². The summed E-state index contributed by atoms with van der Waals surface area (Å²) < 4.78 is 10.9. The lowest BCUT2D eigenvalue weighted by molar-refractivity contribution is 0.150. The van der Waals surface area contributed by atoms with Gasteiger partial charge in [0.1, 0.15) is 12.4 Å². The van der Waals surface area contributed by atoms with Gasteiger partial charge in [-0.15, -0.1) is 0 Å². The molecule has 6 heteroatoms. The van der Waals surface area contributed by atoms with Gasteiger partial charge < -0.3 is 25.0 Å².